The molecule has 2 aromatic carbocycles. The molecule has 22 heavy (non-hydrogen) atoms. The maximum atomic E-state index is 11.2. The maximum Gasteiger partial charge on any atom is 0.292 e. The largest absolute Gasteiger partial charge is 0.349 e. The topological polar surface area (TPSA) is 55.2 Å². The van der Waals surface area contributed by atoms with Gasteiger partial charge in [0.25, 0.3) is 5.69 Å². The molecule has 0 radical (unpaired) electrons. The van der Waals surface area contributed by atoms with E-state index in [4.69, 9.17) is 0 Å². The van der Waals surface area contributed by atoms with Crippen LogP contribution in [0.4, 0.5) is 17.1 Å². The van der Waals surface area contributed by atoms with Gasteiger partial charge in [-0.15, -0.1) is 0 Å². The van der Waals surface area contributed by atoms with Crippen LogP contribution in [0, 0.1) is 10.1 Å². The van der Waals surface area contributed by atoms with Crippen LogP contribution in [0.1, 0.15) is 50.7 Å². The number of para-hydroxylation sites is 3. The summed E-state index contributed by atoms with van der Waals surface area (Å²) in [4.78, 5) is 10.9. The van der Waals surface area contributed by atoms with E-state index in [1.165, 1.54) is 17.2 Å². The summed E-state index contributed by atoms with van der Waals surface area (Å²) >= 11 is 0. The second kappa shape index (κ2) is 6.60. The first kappa shape index (κ1) is 16.0. The van der Waals surface area contributed by atoms with Crippen molar-refractivity contribution in [1.29, 1.82) is 0 Å². The second-order valence-corrected chi connectivity index (χ2v) is 6.02. The molecule has 0 saturated heterocycles. The Morgan fingerprint density at radius 3 is 1.95 bits per heavy atom. The van der Waals surface area contributed by atoms with Gasteiger partial charge in [-0.25, -0.2) is 0 Å². The minimum absolute atomic E-state index is 0.0933. The van der Waals surface area contributed by atoms with Crippen molar-refractivity contribution in [3.63, 3.8) is 0 Å². The highest BCUT2D eigenvalue weighted by Crippen LogP contribution is 2.36. The van der Waals surface area contributed by atoms with Gasteiger partial charge in [0.1, 0.15) is 5.69 Å². The van der Waals surface area contributed by atoms with E-state index in [2.05, 4.69) is 51.2 Å². The Hall–Kier alpha value is -2.36. The predicted octanol–water partition coefficient (Wildman–Crippen LogP) is 5.59. The molecule has 0 fully saturated rings. The maximum absolute atomic E-state index is 11.2. The molecule has 0 unspecified atom stereocenters. The van der Waals surface area contributed by atoms with Crippen LogP contribution in [-0.2, 0) is 0 Å². The first-order chi connectivity index (χ1) is 10.4. The standard InChI is InChI=1S/C18H22N2O2/c1-12(2)14-8-7-9-15(13(3)4)18(14)19-16-10-5-6-11-17(16)20(21)22/h5-13,19H,1-4H3. The average molecular weight is 298 g/mol. The van der Waals surface area contributed by atoms with Crippen LogP contribution >= 0.6 is 0 Å². The fourth-order valence-corrected chi connectivity index (χ4v) is 2.57. The zero-order valence-corrected chi connectivity index (χ0v) is 13.5. The van der Waals surface area contributed by atoms with Crippen LogP contribution in [-0.4, -0.2) is 4.92 Å². The Kier molecular flexibility index (Phi) is 4.81. The molecule has 0 aliphatic rings. The number of benzene rings is 2. The van der Waals surface area contributed by atoms with Gasteiger partial charge in [-0.05, 0) is 29.0 Å². The lowest BCUT2D eigenvalue weighted by molar-refractivity contribution is -0.383. The van der Waals surface area contributed by atoms with Crippen LogP contribution in [0.15, 0.2) is 42.5 Å². The van der Waals surface area contributed by atoms with Gasteiger partial charge >= 0.3 is 0 Å². The molecule has 0 aliphatic heterocycles. The Morgan fingerprint density at radius 1 is 0.909 bits per heavy atom. The number of nitrogens with one attached hydrogen (secondary N) is 1. The lowest BCUT2D eigenvalue weighted by Crippen LogP contribution is -2.05. The molecule has 0 bridgehead atoms. The zero-order chi connectivity index (χ0) is 16.3. The third-order valence-electron chi connectivity index (χ3n) is 3.73. The van der Waals surface area contributed by atoms with Crippen LogP contribution in [0.2, 0.25) is 0 Å². The highest BCUT2D eigenvalue weighted by atomic mass is 16.6. The smallest absolute Gasteiger partial charge is 0.292 e. The van der Waals surface area contributed by atoms with Crippen molar-refractivity contribution >= 4 is 17.1 Å². The Bertz CT molecular complexity index is 652. The highest BCUT2D eigenvalue weighted by Gasteiger charge is 2.18. The van der Waals surface area contributed by atoms with Crippen molar-refractivity contribution in [2.24, 2.45) is 0 Å². The molecule has 0 saturated carbocycles. The van der Waals surface area contributed by atoms with Crippen LogP contribution < -0.4 is 5.32 Å². The van der Waals surface area contributed by atoms with Gasteiger partial charge in [-0.3, -0.25) is 10.1 Å². The van der Waals surface area contributed by atoms with Crippen molar-refractivity contribution in [3.8, 4) is 0 Å². The average Bonchev–Trinajstić information content (AvgIpc) is 2.47. The summed E-state index contributed by atoms with van der Waals surface area (Å²) in [5.41, 5.74) is 3.95. The first-order valence-electron chi connectivity index (χ1n) is 7.55. The fraction of sp³-hybridized carbons (Fsp3) is 0.333. The van der Waals surface area contributed by atoms with Gasteiger partial charge in [0.05, 0.1) is 4.92 Å². The third kappa shape index (κ3) is 3.27. The van der Waals surface area contributed by atoms with Gasteiger partial charge in [-0.1, -0.05) is 58.0 Å². The van der Waals surface area contributed by atoms with Gasteiger partial charge in [-0.2, -0.15) is 0 Å². The molecule has 0 spiro atoms. The van der Waals surface area contributed by atoms with E-state index in [0.29, 0.717) is 17.5 Å². The summed E-state index contributed by atoms with van der Waals surface area (Å²) in [6.07, 6.45) is 0. The molecule has 0 atom stereocenters. The zero-order valence-electron chi connectivity index (χ0n) is 13.5. The number of nitro benzene ring substituents is 1. The minimum Gasteiger partial charge on any atom is -0.349 e. The van der Waals surface area contributed by atoms with Crippen molar-refractivity contribution in [2.45, 2.75) is 39.5 Å². The molecule has 4 heteroatoms. The van der Waals surface area contributed by atoms with Crippen LogP contribution in [0.5, 0.6) is 0 Å². The Morgan fingerprint density at radius 2 is 1.45 bits per heavy atom. The number of rotatable bonds is 5. The van der Waals surface area contributed by atoms with Gasteiger partial charge < -0.3 is 5.32 Å². The fourth-order valence-electron chi connectivity index (χ4n) is 2.57. The third-order valence-corrected chi connectivity index (χ3v) is 3.73. The molecule has 2 rings (SSSR count). The lowest BCUT2D eigenvalue weighted by Gasteiger charge is -2.20. The van der Waals surface area contributed by atoms with Gasteiger partial charge in [0, 0.05) is 11.8 Å². The predicted molar refractivity (Wildman–Crippen MR) is 91.0 cm³/mol. The summed E-state index contributed by atoms with van der Waals surface area (Å²) in [6.45, 7) is 8.52. The molecule has 0 amide bonds. The summed E-state index contributed by atoms with van der Waals surface area (Å²) in [5, 5.41) is 14.5. The summed E-state index contributed by atoms with van der Waals surface area (Å²) < 4.78 is 0. The van der Waals surface area contributed by atoms with E-state index < -0.39 is 0 Å². The van der Waals surface area contributed by atoms with E-state index in [0.717, 1.165) is 5.69 Å². The summed E-state index contributed by atoms with van der Waals surface area (Å²) in [7, 11) is 0. The lowest BCUT2D eigenvalue weighted by atomic mass is 9.92. The van der Waals surface area contributed by atoms with E-state index in [-0.39, 0.29) is 10.6 Å². The Labute approximate surface area is 131 Å². The molecule has 116 valence electrons. The van der Waals surface area contributed by atoms with Crippen molar-refractivity contribution < 1.29 is 4.92 Å². The van der Waals surface area contributed by atoms with Crippen molar-refractivity contribution in [2.75, 3.05) is 5.32 Å². The van der Waals surface area contributed by atoms with E-state index >= 15 is 0 Å². The molecule has 4 nitrogen and oxygen atoms in total. The van der Waals surface area contributed by atoms with E-state index in [1.54, 1.807) is 12.1 Å². The SMILES string of the molecule is CC(C)c1cccc(C(C)C)c1Nc1ccccc1[N+](=O)[O-]. The van der Waals surface area contributed by atoms with Crippen LogP contribution in [0.25, 0.3) is 0 Å². The van der Waals surface area contributed by atoms with Gasteiger partial charge in [0.2, 0.25) is 0 Å². The number of hydrogen-bond donors (Lipinski definition) is 1. The molecule has 2 aromatic rings. The molecular formula is C18H22N2O2. The monoisotopic (exact) mass is 298 g/mol. The molecular weight excluding hydrogens is 276 g/mol. The number of nitrogens with zero attached hydrogens (tertiary/aromatic N) is 1. The van der Waals surface area contributed by atoms with Gasteiger partial charge in [0.15, 0.2) is 0 Å². The molecule has 1 N–H and O–H groups in total. The van der Waals surface area contributed by atoms with E-state index in [9.17, 15) is 10.1 Å². The van der Waals surface area contributed by atoms with Crippen LogP contribution in [0.3, 0.4) is 0 Å². The molecule has 0 aromatic heterocycles. The first-order valence-corrected chi connectivity index (χ1v) is 7.55. The Balaban J connectivity index is 2.56. The summed E-state index contributed by atoms with van der Waals surface area (Å²) in [6, 6.07) is 13.0. The number of hydrogen-bond acceptors (Lipinski definition) is 3. The quantitative estimate of drug-likeness (QED) is 0.578. The van der Waals surface area contributed by atoms with Crippen molar-refractivity contribution in [3.05, 3.63) is 63.7 Å². The van der Waals surface area contributed by atoms with Crippen molar-refractivity contribution in [1.82, 2.24) is 0 Å². The summed E-state index contributed by atoms with van der Waals surface area (Å²) in [5.74, 6) is 0.674. The highest BCUT2D eigenvalue weighted by molar-refractivity contribution is 5.74. The minimum atomic E-state index is -0.352. The second-order valence-electron chi connectivity index (χ2n) is 6.02. The number of nitro groups is 1. The van der Waals surface area contributed by atoms with E-state index in [1.807, 2.05) is 6.07 Å². The normalized spacial score (nSPS) is 11.0. The molecule has 0 aliphatic carbocycles. The number of anilines is 2. The molecule has 0 heterocycles.